The largest absolute Gasteiger partial charge is 0.454 e. The first-order valence-corrected chi connectivity index (χ1v) is 13.4. The third-order valence-corrected chi connectivity index (χ3v) is 10.2. The molecule has 2 N–H and O–H groups in total. The number of benzene rings is 1. The maximum Gasteiger partial charge on any atom is 0.231 e. The highest BCUT2D eigenvalue weighted by Crippen LogP contribution is 2.61. The van der Waals surface area contributed by atoms with E-state index in [2.05, 4.69) is 30.5 Å². The van der Waals surface area contributed by atoms with E-state index in [0.717, 1.165) is 56.0 Å². The standard InChI is InChI=1S/C24H26BrN5O2S/c25-16-6-17-18(32-12-31-17)7-19(16)33-23-29-20-21(26)27-11-28-22(20)30(23)2-1-24-8-13-3-14(9-24)5-15(4-13)10-24/h6-7,11,13-15H,1-5,8-10,12H2,(H2,26,27,28). The Kier molecular flexibility index (Phi) is 4.63. The fourth-order valence-corrected chi connectivity index (χ4v) is 8.74. The highest BCUT2D eigenvalue weighted by molar-refractivity contribution is 9.10. The average Bonchev–Trinajstić information content (AvgIpc) is 3.36. The van der Waals surface area contributed by atoms with E-state index < -0.39 is 0 Å². The molecule has 0 atom stereocenters. The third-order valence-electron chi connectivity index (χ3n) is 8.18. The van der Waals surface area contributed by atoms with Gasteiger partial charge in [-0.25, -0.2) is 15.0 Å². The van der Waals surface area contributed by atoms with Crippen LogP contribution in [-0.4, -0.2) is 26.3 Å². The molecule has 0 spiro atoms. The summed E-state index contributed by atoms with van der Waals surface area (Å²) in [6.45, 7) is 1.16. The number of halogens is 1. The van der Waals surface area contributed by atoms with Crippen molar-refractivity contribution in [3.05, 3.63) is 22.9 Å². The minimum Gasteiger partial charge on any atom is -0.454 e. The molecule has 0 amide bonds. The fraction of sp³-hybridized carbons (Fsp3) is 0.542. The molecule has 4 saturated carbocycles. The maximum absolute atomic E-state index is 6.20. The van der Waals surface area contributed by atoms with Crippen molar-refractivity contribution >= 4 is 44.7 Å². The second-order valence-electron chi connectivity index (χ2n) is 10.4. The number of hydrogen-bond donors (Lipinski definition) is 1. The summed E-state index contributed by atoms with van der Waals surface area (Å²) in [6, 6.07) is 3.97. The summed E-state index contributed by atoms with van der Waals surface area (Å²) in [5, 5.41) is 0.890. The van der Waals surface area contributed by atoms with Gasteiger partial charge in [0.15, 0.2) is 33.6 Å². The van der Waals surface area contributed by atoms with E-state index in [4.69, 9.17) is 20.2 Å². The Labute approximate surface area is 205 Å². The normalized spacial score (nSPS) is 29.3. The van der Waals surface area contributed by atoms with Crippen LogP contribution in [0.15, 0.2) is 33.0 Å². The van der Waals surface area contributed by atoms with Crippen molar-refractivity contribution in [3.63, 3.8) is 0 Å². The Hall–Kier alpha value is -2.00. The molecule has 1 aromatic carbocycles. The Morgan fingerprint density at radius 2 is 1.76 bits per heavy atom. The summed E-state index contributed by atoms with van der Waals surface area (Å²) >= 11 is 5.30. The molecule has 3 heterocycles. The Balaban J connectivity index is 1.23. The molecule has 7 nitrogen and oxygen atoms in total. The van der Waals surface area contributed by atoms with E-state index in [1.807, 2.05) is 12.1 Å². The van der Waals surface area contributed by atoms with Gasteiger partial charge in [-0.1, -0.05) is 11.8 Å². The number of aromatic nitrogens is 4. The van der Waals surface area contributed by atoms with Crippen molar-refractivity contribution in [1.82, 2.24) is 19.5 Å². The summed E-state index contributed by atoms with van der Waals surface area (Å²) in [4.78, 5) is 14.7. The lowest BCUT2D eigenvalue weighted by atomic mass is 9.49. The first kappa shape index (κ1) is 20.4. The van der Waals surface area contributed by atoms with E-state index in [9.17, 15) is 0 Å². The molecule has 5 aliphatic rings. The highest BCUT2D eigenvalue weighted by Gasteiger charge is 2.50. The van der Waals surface area contributed by atoms with Crippen molar-refractivity contribution in [2.45, 2.75) is 61.5 Å². The lowest BCUT2D eigenvalue weighted by Gasteiger charge is -2.57. The number of anilines is 1. The van der Waals surface area contributed by atoms with Gasteiger partial charge in [-0.15, -0.1) is 0 Å². The van der Waals surface area contributed by atoms with Gasteiger partial charge in [-0.2, -0.15) is 0 Å². The van der Waals surface area contributed by atoms with Gasteiger partial charge in [-0.05, 0) is 96.2 Å². The van der Waals surface area contributed by atoms with Crippen molar-refractivity contribution in [1.29, 1.82) is 0 Å². The molecule has 8 rings (SSSR count). The molecule has 2 aromatic heterocycles. The van der Waals surface area contributed by atoms with Gasteiger partial charge in [0.05, 0.1) is 0 Å². The number of nitrogens with zero attached hydrogens (tertiary/aromatic N) is 4. The van der Waals surface area contributed by atoms with Crippen LogP contribution in [0.2, 0.25) is 0 Å². The van der Waals surface area contributed by atoms with Gasteiger partial charge < -0.3 is 19.8 Å². The Morgan fingerprint density at radius 1 is 1.06 bits per heavy atom. The van der Waals surface area contributed by atoms with Crippen molar-refractivity contribution in [2.75, 3.05) is 12.5 Å². The van der Waals surface area contributed by atoms with Crippen LogP contribution in [0.3, 0.4) is 0 Å². The molecule has 4 aliphatic carbocycles. The number of ether oxygens (including phenoxy) is 2. The third kappa shape index (κ3) is 3.41. The van der Waals surface area contributed by atoms with Crippen molar-refractivity contribution in [3.8, 4) is 11.5 Å². The zero-order valence-corrected chi connectivity index (χ0v) is 20.7. The Morgan fingerprint density at radius 3 is 2.48 bits per heavy atom. The molecule has 3 aromatic rings. The maximum atomic E-state index is 6.20. The number of fused-ring (bicyclic) bond motifs is 2. The number of aryl methyl sites for hydroxylation is 1. The minimum absolute atomic E-state index is 0.256. The van der Waals surface area contributed by atoms with E-state index in [0.29, 0.717) is 16.7 Å². The summed E-state index contributed by atoms with van der Waals surface area (Å²) in [7, 11) is 0. The fourth-order valence-electron chi connectivity index (χ4n) is 7.23. The molecule has 9 heteroatoms. The molecular weight excluding hydrogens is 502 g/mol. The lowest BCUT2D eigenvalue weighted by molar-refractivity contribution is -0.0593. The topological polar surface area (TPSA) is 88.1 Å². The van der Waals surface area contributed by atoms with Gasteiger partial charge in [-0.3, -0.25) is 0 Å². The van der Waals surface area contributed by atoms with Crippen LogP contribution in [0.25, 0.3) is 11.2 Å². The smallest absolute Gasteiger partial charge is 0.231 e. The van der Waals surface area contributed by atoms with E-state index in [1.165, 1.54) is 44.9 Å². The van der Waals surface area contributed by atoms with Gasteiger partial charge in [0.2, 0.25) is 6.79 Å². The summed E-state index contributed by atoms with van der Waals surface area (Å²) in [5.41, 5.74) is 8.20. The van der Waals surface area contributed by atoms with Crippen molar-refractivity contribution < 1.29 is 9.47 Å². The minimum atomic E-state index is 0.256. The quantitative estimate of drug-likeness (QED) is 0.457. The summed E-state index contributed by atoms with van der Waals surface area (Å²) in [5.74, 6) is 4.81. The molecule has 0 saturated heterocycles. The van der Waals surface area contributed by atoms with E-state index in [1.54, 1.807) is 18.1 Å². The highest BCUT2D eigenvalue weighted by atomic mass is 79.9. The zero-order valence-electron chi connectivity index (χ0n) is 18.3. The van der Waals surface area contributed by atoms with Gasteiger partial charge in [0.1, 0.15) is 6.33 Å². The van der Waals surface area contributed by atoms with E-state index in [-0.39, 0.29) is 6.79 Å². The molecule has 4 bridgehead atoms. The SMILES string of the molecule is Nc1ncnc2c1nc(Sc1cc3c(cc1Br)OCO3)n2CCC12CC3CC(CC(C3)C1)C2. The molecule has 33 heavy (non-hydrogen) atoms. The van der Waals surface area contributed by atoms with Crippen LogP contribution in [0, 0.1) is 23.2 Å². The monoisotopic (exact) mass is 527 g/mol. The lowest BCUT2D eigenvalue weighted by Crippen LogP contribution is -2.46. The van der Waals surface area contributed by atoms with Crippen LogP contribution in [0.5, 0.6) is 11.5 Å². The molecule has 1 aliphatic heterocycles. The van der Waals surface area contributed by atoms with Crippen LogP contribution >= 0.6 is 27.7 Å². The molecule has 172 valence electrons. The summed E-state index contributed by atoms with van der Waals surface area (Å²) < 4.78 is 14.3. The molecule has 4 fully saturated rings. The average molecular weight is 528 g/mol. The molecule has 0 radical (unpaired) electrons. The zero-order chi connectivity index (χ0) is 22.2. The van der Waals surface area contributed by atoms with Gasteiger partial charge in [0.25, 0.3) is 0 Å². The van der Waals surface area contributed by atoms with Crippen LogP contribution < -0.4 is 15.2 Å². The second-order valence-corrected chi connectivity index (χ2v) is 12.2. The molecular formula is C24H26BrN5O2S. The molecule has 0 unspecified atom stereocenters. The van der Waals surface area contributed by atoms with Gasteiger partial charge in [0, 0.05) is 15.9 Å². The van der Waals surface area contributed by atoms with Crippen LogP contribution in [0.4, 0.5) is 5.82 Å². The number of hydrogen-bond acceptors (Lipinski definition) is 7. The number of imidazole rings is 1. The summed E-state index contributed by atoms with van der Waals surface area (Å²) in [6.07, 6.45) is 11.3. The Bertz CT molecular complexity index is 1230. The van der Waals surface area contributed by atoms with E-state index >= 15 is 0 Å². The predicted octanol–water partition coefficient (Wildman–Crippen LogP) is 5.66. The van der Waals surface area contributed by atoms with Crippen LogP contribution in [0.1, 0.15) is 44.9 Å². The number of rotatable bonds is 5. The van der Waals surface area contributed by atoms with Crippen LogP contribution in [-0.2, 0) is 6.54 Å². The first-order valence-electron chi connectivity index (χ1n) is 11.8. The number of nitrogens with two attached hydrogens (primary N) is 1. The number of nitrogen functional groups attached to an aromatic ring is 1. The predicted molar refractivity (Wildman–Crippen MR) is 129 cm³/mol. The second kappa shape index (κ2) is 7.50. The first-order chi connectivity index (χ1) is 16.1. The van der Waals surface area contributed by atoms with Gasteiger partial charge >= 0.3 is 0 Å². The van der Waals surface area contributed by atoms with Crippen molar-refractivity contribution in [2.24, 2.45) is 23.2 Å².